The van der Waals surface area contributed by atoms with Gasteiger partial charge in [-0.15, -0.1) is 0 Å². The molecule has 0 atom stereocenters. The van der Waals surface area contributed by atoms with Crippen LogP contribution in [0.25, 0.3) is 21.5 Å². The van der Waals surface area contributed by atoms with Gasteiger partial charge in [0.05, 0.1) is 11.4 Å². The lowest BCUT2D eigenvalue weighted by atomic mass is 9.82. The maximum Gasteiger partial charge on any atom is 0.153 e. The third-order valence-electron chi connectivity index (χ3n) is 9.82. The van der Waals surface area contributed by atoms with Gasteiger partial charge in [-0.05, 0) is 82.6 Å². The fourth-order valence-corrected chi connectivity index (χ4v) is 7.02. The van der Waals surface area contributed by atoms with E-state index in [0.29, 0.717) is 45.8 Å². The van der Waals surface area contributed by atoms with Gasteiger partial charge in [-0.25, -0.2) is 35.1 Å². The quantitative estimate of drug-likeness (QED) is 0.0944. The van der Waals surface area contributed by atoms with Crippen LogP contribution < -0.4 is 9.80 Å². The van der Waals surface area contributed by atoms with E-state index in [1.54, 1.807) is 24.3 Å². The number of rotatable bonds is 6. The molecule has 0 aliphatic carbocycles. The largest absolute Gasteiger partial charge is 0.304 e. The first-order valence-corrected chi connectivity index (χ1v) is 17.8. The van der Waals surface area contributed by atoms with Crippen molar-refractivity contribution >= 4 is 55.7 Å². The zero-order valence-corrected chi connectivity index (χ0v) is 31.3. The molecule has 0 aromatic heterocycles. The van der Waals surface area contributed by atoms with E-state index in [4.69, 9.17) is 0 Å². The van der Waals surface area contributed by atoms with Crippen molar-refractivity contribution in [1.29, 1.82) is 0 Å². The van der Waals surface area contributed by atoms with Gasteiger partial charge in [-0.1, -0.05) is 65.8 Å². The number of halogens is 8. The summed E-state index contributed by atoms with van der Waals surface area (Å²) in [5, 5.41) is 1.28. The normalized spacial score (nSPS) is 12.1. The second-order valence-electron chi connectivity index (χ2n) is 15.8. The van der Waals surface area contributed by atoms with Crippen molar-refractivity contribution in [2.45, 2.75) is 52.4 Å². The van der Waals surface area contributed by atoms with Gasteiger partial charge in [0.1, 0.15) is 34.6 Å². The topological polar surface area (TPSA) is 6.48 Å². The zero-order chi connectivity index (χ0) is 40.4. The molecule has 0 aliphatic heterocycles. The van der Waals surface area contributed by atoms with Crippen molar-refractivity contribution in [3.05, 3.63) is 167 Å². The highest BCUT2D eigenvalue weighted by Crippen LogP contribution is 2.53. The summed E-state index contributed by atoms with van der Waals surface area (Å²) in [6.45, 7) is 11.7. The van der Waals surface area contributed by atoms with Crippen molar-refractivity contribution < 1.29 is 35.1 Å². The molecule has 0 saturated carbocycles. The standard InChI is InChI=1S/C46H36F8N2/c1-45(2,3)25-7-17-33-35(19-25)41(55(31-13-9-27(47)10-14-31)43-37(51)21-29(49)22-38(43)52)34-18-8-26(46(4,5)6)20-36(34)42(33)56(32-15-11-28(48)12-16-32)44-39(53)23-30(50)24-40(44)54/h7-24H,1-6H3. The summed E-state index contributed by atoms with van der Waals surface area (Å²) in [5.41, 5.74) is -0.243. The van der Waals surface area contributed by atoms with E-state index in [-0.39, 0.29) is 22.7 Å². The molecule has 0 aliphatic rings. The SMILES string of the molecule is CC(C)(C)c1ccc2c(N(c3ccc(F)cc3)c3c(F)cc(F)cc3F)c3cc(C(C)(C)C)ccc3c(N(c3ccc(F)cc3)c3c(F)cc(F)cc3F)c2c1. The Morgan fingerprint density at radius 1 is 0.321 bits per heavy atom. The Balaban J connectivity index is 1.77. The van der Waals surface area contributed by atoms with Crippen LogP contribution in [0, 0.1) is 46.5 Å². The van der Waals surface area contributed by atoms with Crippen molar-refractivity contribution in [3.63, 3.8) is 0 Å². The molecule has 0 heterocycles. The molecule has 7 aromatic rings. The first kappa shape index (κ1) is 38.4. The fraction of sp³-hybridized carbons (Fsp3) is 0.174. The number of hydrogen-bond donors (Lipinski definition) is 0. The van der Waals surface area contributed by atoms with E-state index >= 15 is 17.6 Å². The third-order valence-corrected chi connectivity index (χ3v) is 9.82. The lowest BCUT2D eigenvalue weighted by molar-refractivity contribution is 0.544. The molecule has 0 radical (unpaired) electrons. The van der Waals surface area contributed by atoms with Crippen molar-refractivity contribution in [2.75, 3.05) is 9.80 Å². The van der Waals surface area contributed by atoms with Crippen LogP contribution in [-0.4, -0.2) is 0 Å². The second kappa shape index (κ2) is 14.0. The van der Waals surface area contributed by atoms with Crippen LogP contribution in [0.1, 0.15) is 52.7 Å². The van der Waals surface area contributed by atoms with Crippen LogP contribution in [0.15, 0.2) is 109 Å². The number of benzene rings is 7. The highest BCUT2D eigenvalue weighted by atomic mass is 19.2. The van der Waals surface area contributed by atoms with E-state index in [2.05, 4.69) is 0 Å². The Kier molecular flexibility index (Phi) is 9.59. The summed E-state index contributed by atoms with van der Waals surface area (Å²) < 4.78 is 123. The molecule has 2 nitrogen and oxygen atoms in total. The van der Waals surface area contributed by atoms with Gasteiger partial charge in [-0.3, -0.25) is 0 Å². The summed E-state index contributed by atoms with van der Waals surface area (Å²) >= 11 is 0. The highest BCUT2D eigenvalue weighted by molar-refractivity contribution is 6.23. The van der Waals surface area contributed by atoms with Crippen LogP contribution in [0.4, 0.5) is 69.2 Å². The maximum absolute atomic E-state index is 16.2. The number of nitrogens with zero attached hydrogens (tertiary/aromatic N) is 2. The van der Waals surface area contributed by atoms with Crippen molar-refractivity contribution in [3.8, 4) is 0 Å². The Morgan fingerprint density at radius 3 is 0.911 bits per heavy atom. The fourth-order valence-electron chi connectivity index (χ4n) is 7.02. The van der Waals surface area contributed by atoms with Crippen LogP contribution in [0.2, 0.25) is 0 Å². The van der Waals surface area contributed by atoms with E-state index in [1.807, 2.05) is 53.7 Å². The molecular formula is C46H36F8N2. The van der Waals surface area contributed by atoms with Gasteiger partial charge in [0.15, 0.2) is 23.3 Å². The van der Waals surface area contributed by atoms with Crippen LogP contribution in [0.3, 0.4) is 0 Å². The van der Waals surface area contributed by atoms with Gasteiger partial charge in [0.2, 0.25) is 0 Å². The zero-order valence-electron chi connectivity index (χ0n) is 31.3. The van der Waals surface area contributed by atoms with Crippen molar-refractivity contribution in [1.82, 2.24) is 0 Å². The molecule has 0 amide bonds. The van der Waals surface area contributed by atoms with Crippen LogP contribution in [0.5, 0.6) is 0 Å². The molecule has 7 rings (SSSR count). The Bertz CT molecular complexity index is 2410. The van der Waals surface area contributed by atoms with E-state index < -0.39 is 68.7 Å². The average Bonchev–Trinajstić information content (AvgIpc) is 3.10. The van der Waals surface area contributed by atoms with Gasteiger partial charge in [0.25, 0.3) is 0 Å². The first-order chi connectivity index (χ1) is 26.3. The minimum Gasteiger partial charge on any atom is -0.304 e. The molecular weight excluding hydrogens is 733 g/mol. The Labute approximate surface area is 319 Å². The monoisotopic (exact) mass is 768 g/mol. The molecule has 0 unspecified atom stereocenters. The summed E-state index contributed by atoms with van der Waals surface area (Å²) in [7, 11) is 0. The van der Waals surface area contributed by atoms with Gasteiger partial charge >= 0.3 is 0 Å². The summed E-state index contributed by atoms with van der Waals surface area (Å²) in [6.07, 6.45) is 0. The van der Waals surface area contributed by atoms with Crippen molar-refractivity contribution in [2.24, 2.45) is 0 Å². The molecule has 56 heavy (non-hydrogen) atoms. The minimum absolute atomic E-state index is 0.109. The third kappa shape index (κ3) is 6.93. The van der Waals surface area contributed by atoms with Gasteiger partial charge < -0.3 is 9.80 Å². The average molecular weight is 769 g/mol. The minimum atomic E-state index is -1.25. The molecule has 10 heteroatoms. The molecule has 286 valence electrons. The molecule has 0 bridgehead atoms. The molecule has 0 N–H and O–H groups in total. The Hall–Kier alpha value is -5.90. The van der Waals surface area contributed by atoms with Gasteiger partial charge in [-0.2, -0.15) is 0 Å². The van der Waals surface area contributed by atoms with E-state index in [9.17, 15) is 17.6 Å². The lowest BCUT2D eigenvalue weighted by Crippen LogP contribution is -2.19. The summed E-state index contributed by atoms with van der Waals surface area (Å²) in [5.74, 6) is -8.56. The molecule has 0 fully saturated rings. The maximum atomic E-state index is 16.2. The number of anilines is 6. The van der Waals surface area contributed by atoms with E-state index in [1.165, 1.54) is 34.1 Å². The summed E-state index contributed by atoms with van der Waals surface area (Å²) in [6, 6.07) is 22.6. The predicted molar refractivity (Wildman–Crippen MR) is 208 cm³/mol. The van der Waals surface area contributed by atoms with Gasteiger partial charge in [0, 0.05) is 57.2 Å². The second-order valence-corrected chi connectivity index (χ2v) is 15.8. The first-order valence-electron chi connectivity index (χ1n) is 17.8. The molecule has 0 spiro atoms. The predicted octanol–water partition coefficient (Wildman–Crippen LogP) is 14.6. The number of fused-ring (bicyclic) bond motifs is 2. The van der Waals surface area contributed by atoms with E-state index in [0.717, 1.165) is 35.4 Å². The van der Waals surface area contributed by atoms with Crippen LogP contribution in [-0.2, 0) is 10.8 Å². The Morgan fingerprint density at radius 2 is 0.625 bits per heavy atom. The molecule has 7 aromatic carbocycles. The smallest absolute Gasteiger partial charge is 0.153 e. The lowest BCUT2D eigenvalue weighted by Gasteiger charge is -2.34. The number of hydrogen-bond acceptors (Lipinski definition) is 2. The molecule has 0 saturated heterocycles. The van der Waals surface area contributed by atoms with Crippen LogP contribution >= 0.6 is 0 Å². The summed E-state index contributed by atoms with van der Waals surface area (Å²) in [4.78, 5) is 2.48. The highest BCUT2D eigenvalue weighted by Gasteiger charge is 2.32.